The lowest BCUT2D eigenvalue weighted by Gasteiger charge is -2.01. The summed E-state index contributed by atoms with van der Waals surface area (Å²) >= 11 is 1.42. The van der Waals surface area contributed by atoms with Gasteiger partial charge in [0.1, 0.15) is 10.8 Å². The van der Waals surface area contributed by atoms with E-state index in [0.29, 0.717) is 13.2 Å². The fraction of sp³-hybridized carbons (Fsp3) is 0.214. The number of ether oxygens (including phenoxy) is 1. The zero-order chi connectivity index (χ0) is 14.7. The molecular formula is C14H15N5OS. The van der Waals surface area contributed by atoms with E-state index in [1.54, 1.807) is 6.20 Å². The number of nitrogens with two attached hydrogens (primary N) is 1. The van der Waals surface area contributed by atoms with Crippen LogP contribution in [0, 0.1) is 0 Å². The lowest BCUT2D eigenvalue weighted by atomic mass is 10.3. The van der Waals surface area contributed by atoms with Crippen LogP contribution in [0.15, 0.2) is 40.6 Å². The molecule has 3 aromatic rings. The minimum absolute atomic E-state index is 0.423. The fourth-order valence-electron chi connectivity index (χ4n) is 1.95. The predicted octanol–water partition coefficient (Wildman–Crippen LogP) is 2.36. The Hall–Kier alpha value is -2.12. The molecule has 2 heterocycles. The van der Waals surface area contributed by atoms with Gasteiger partial charge >= 0.3 is 0 Å². The van der Waals surface area contributed by atoms with Gasteiger partial charge in [-0.3, -0.25) is 0 Å². The van der Waals surface area contributed by atoms with Crippen LogP contribution in [0.4, 0.5) is 0 Å². The maximum Gasteiger partial charge on any atom is 0.172 e. The topological polar surface area (TPSA) is 89.7 Å². The van der Waals surface area contributed by atoms with Crippen molar-refractivity contribution in [2.24, 2.45) is 5.73 Å². The van der Waals surface area contributed by atoms with Gasteiger partial charge in [-0.15, -0.1) is 5.10 Å². The summed E-state index contributed by atoms with van der Waals surface area (Å²) < 4.78 is 5.48. The molecule has 0 aliphatic heterocycles. The third-order valence-corrected chi connectivity index (χ3v) is 3.85. The Bertz CT molecular complexity index is 758. The zero-order valence-corrected chi connectivity index (χ0v) is 12.4. The standard InChI is InChI=1S/C14H15N5OS/c1-2-20-10-3-4-11-12(7-10)18-14(17-11)21-13-9(8-15)5-6-16-19-13/h3-7H,2,8,15H2,1H3,(H,17,18). The molecule has 3 N–H and O–H groups in total. The first-order chi connectivity index (χ1) is 10.3. The molecule has 0 atom stereocenters. The van der Waals surface area contributed by atoms with Crippen molar-refractivity contribution < 1.29 is 4.74 Å². The molecule has 0 saturated carbocycles. The Balaban J connectivity index is 1.90. The number of aromatic nitrogens is 4. The fourth-order valence-corrected chi connectivity index (χ4v) is 2.81. The molecule has 0 unspecified atom stereocenters. The highest BCUT2D eigenvalue weighted by atomic mass is 32.2. The maximum atomic E-state index is 5.70. The predicted molar refractivity (Wildman–Crippen MR) is 81.3 cm³/mol. The highest BCUT2D eigenvalue weighted by Crippen LogP contribution is 2.28. The molecule has 0 aliphatic rings. The SMILES string of the molecule is CCOc1ccc2nc(Sc3nnccc3CN)[nH]c2c1. The van der Waals surface area contributed by atoms with Crippen LogP contribution in [-0.4, -0.2) is 26.8 Å². The van der Waals surface area contributed by atoms with Gasteiger partial charge in [-0.25, -0.2) is 4.98 Å². The molecule has 0 radical (unpaired) electrons. The summed E-state index contributed by atoms with van der Waals surface area (Å²) in [7, 11) is 0. The normalized spacial score (nSPS) is 11.0. The summed E-state index contributed by atoms with van der Waals surface area (Å²) in [5.74, 6) is 0.826. The molecule has 0 saturated heterocycles. The smallest absolute Gasteiger partial charge is 0.172 e. The van der Waals surface area contributed by atoms with Gasteiger partial charge in [0.05, 0.1) is 17.6 Å². The number of rotatable bonds is 5. The van der Waals surface area contributed by atoms with Crippen LogP contribution in [0.1, 0.15) is 12.5 Å². The summed E-state index contributed by atoms with van der Waals surface area (Å²) in [5.41, 5.74) is 8.47. The first-order valence-electron chi connectivity index (χ1n) is 6.61. The average Bonchev–Trinajstić information content (AvgIpc) is 2.89. The second kappa shape index (κ2) is 6.11. The Morgan fingerprint density at radius 3 is 3.05 bits per heavy atom. The van der Waals surface area contributed by atoms with Crippen LogP contribution in [0.25, 0.3) is 11.0 Å². The van der Waals surface area contributed by atoms with Crippen molar-refractivity contribution in [2.75, 3.05) is 6.61 Å². The zero-order valence-electron chi connectivity index (χ0n) is 11.5. The molecule has 0 aliphatic carbocycles. The van der Waals surface area contributed by atoms with Crippen molar-refractivity contribution in [3.05, 3.63) is 36.0 Å². The Morgan fingerprint density at radius 2 is 2.24 bits per heavy atom. The molecule has 0 spiro atoms. The van der Waals surface area contributed by atoms with E-state index in [1.807, 2.05) is 31.2 Å². The largest absolute Gasteiger partial charge is 0.494 e. The van der Waals surface area contributed by atoms with Gasteiger partial charge in [0.15, 0.2) is 5.16 Å². The first-order valence-corrected chi connectivity index (χ1v) is 7.43. The van der Waals surface area contributed by atoms with Gasteiger partial charge in [0, 0.05) is 24.4 Å². The molecule has 2 aromatic heterocycles. The van der Waals surface area contributed by atoms with Crippen molar-refractivity contribution in [1.29, 1.82) is 0 Å². The Labute approximate surface area is 126 Å². The average molecular weight is 301 g/mol. The van der Waals surface area contributed by atoms with E-state index in [-0.39, 0.29) is 0 Å². The van der Waals surface area contributed by atoms with E-state index in [9.17, 15) is 0 Å². The van der Waals surface area contributed by atoms with E-state index < -0.39 is 0 Å². The van der Waals surface area contributed by atoms with Gasteiger partial charge in [0.25, 0.3) is 0 Å². The Kier molecular flexibility index (Phi) is 4.03. The number of benzene rings is 1. The van der Waals surface area contributed by atoms with Crippen LogP contribution >= 0.6 is 11.8 Å². The molecule has 0 bridgehead atoms. The number of hydrogen-bond acceptors (Lipinski definition) is 6. The minimum Gasteiger partial charge on any atom is -0.494 e. The summed E-state index contributed by atoms with van der Waals surface area (Å²) in [6.07, 6.45) is 1.64. The lowest BCUT2D eigenvalue weighted by molar-refractivity contribution is 0.340. The molecule has 108 valence electrons. The highest BCUT2D eigenvalue weighted by Gasteiger charge is 2.10. The number of nitrogens with one attached hydrogen (secondary N) is 1. The van der Waals surface area contributed by atoms with E-state index in [4.69, 9.17) is 10.5 Å². The van der Waals surface area contributed by atoms with Crippen LogP contribution in [0.3, 0.4) is 0 Å². The third kappa shape index (κ3) is 2.98. The van der Waals surface area contributed by atoms with E-state index >= 15 is 0 Å². The van der Waals surface area contributed by atoms with Crippen molar-refractivity contribution in [2.45, 2.75) is 23.7 Å². The highest BCUT2D eigenvalue weighted by molar-refractivity contribution is 7.99. The third-order valence-electron chi connectivity index (χ3n) is 2.92. The van der Waals surface area contributed by atoms with Crippen molar-refractivity contribution in [1.82, 2.24) is 20.2 Å². The quantitative estimate of drug-likeness (QED) is 0.752. The molecule has 1 aromatic carbocycles. The van der Waals surface area contributed by atoms with E-state index in [2.05, 4.69) is 20.2 Å². The number of nitrogens with zero attached hydrogens (tertiary/aromatic N) is 3. The van der Waals surface area contributed by atoms with Gasteiger partial charge in [0.2, 0.25) is 0 Å². The van der Waals surface area contributed by atoms with Crippen LogP contribution in [0.5, 0.6) is 5.75 Å². The summed E-state index contributed by atoms with van der Waals surface area (Å²) in [5, 5.41) is 9.53. The first kappa shape index (κ1) is 13.8. The Morgan fingerprint density at radius 1 is 1.33 bits per heavy atom. The number of aromatic amines is 1. The molecular weight excluding hydrogens is 286 g/mol. The molecule has 7 heteroatoms. The molecule has 0 amide bonds. The summed E-state index contributed by atoms with van der Waals surface area (Å²) in [6, 6.07) is 7.65. The van der Waals surface area contributed by atoms with E-state index in [0.717, 1.165) is 32.5 Å². The van der Waals surface area contributed by atoms with Crippen LogP contribution in [-0.2, 0) is 6.54 Å². The van der Waals surface area contributed by atoms with Crippen molar-refractivity contribution in [3.8, 4) is 5.75 Å². The van der Waals surface area contributed by atoms with Gasteiger partial charge in [-0.2, -0.15) is 5.10 Å². The monoisotopic (exact) mass is 301 g/mol. The van der Waals surface area contributed by atoms with Crippen LogP contribution < -0.4 is 10.5 Å². The minimum atomic E-state index is 0.423. The van der Waals surface area contributed by atoms with Crippen molar-refractivity contribution in [3.63, 3.8) is 0 Å². The summed E-state index contributed by atoms with van der Waals surface area (Å²) in [6.45, 7) is 3.02. The van der Waals surface area contributed by atoms with E-state index in [1.165, 1.54) is 11.8 Å². The number of imidazole rings is 1. The number of hydrogen-bond donors (Lipinski definition) is 2. The van der Waals surface area contributed by atoms with Gasteiger partial charge in [-0.1, -0.05) is 0 Å². The van der Waals surface area contributed by atoms with Crippen LogP contribution in [0.2, 0.25) is 0 Å². The maximum absolute atomic E-state index is 5.70. The number of H-pyrrole nitrogens is 1. The van der Waals surface area contributed by atoms with Gasteiger partial charge < -0.3 is 15.5 Å². The second-order valence-corrected chi connectivity index (χ2v) is 5.30. The lowest BCUT2D eigenvalue weighted by Crippen LogP contribution is -2.00. The molecule has 3 rings (SSSR count). The summed E-state index contributed by atoms with van der Waals surface area (Å²) in [4.78, 5) is 7.79. The van der Waals surface area contributed by atoms with Gasteiger partial charge in [-0.05, 0) is 36.9 Å². The van der Waals surface area contributed by atoms with Crippen molar-refractivity contribution >= 4 is 22.8 Å². The molecule has 6 nitrogen and oxygen atoms in total. The second-order valence-electron chi connectivity index (χ2n) is 4.32. The molecule has 0 fully saturated rings. The number of fused-ring (bicyclic) bond motifs is 1. The molecule has 21 heavy (non-hydrogen) atoms.